The molecule has 0 saturated carbocycles. The molecule has 0 aliphatic rings. The van der Waals surface area contributed by atoms with E-state index < -0.39 is 19.4 Å². The van der Waals surface area contributed by atoms with E-state index in [2.05, 4.69) is 69.3 Å². The molecule has 0 heterocycles. The molecule has 0 bridgehead atoms. The van der Waals surface area contributed by atoms with Gasteiger partial charge in [0, 0.05) is 42.6 Å². The summed E-state index contributed by atoms with van der Waals surface area (Å²) >= 11 is 0. The lowest BCUT2D eigenvalue weighted by molar-refractivity contribution is -0.118. The normalized spacial score (nSPS) is 12.2. The number of benzene rings is 5. The van der Waals surface area contributed by atoms with Crippen LogP contribution in [-0.2, 0) is 27.6 Å². The second-order valence-electron chi connectivity index (χ2n) is 18.3. The molecule has 0 spiro atoms. The molecular weight excluding hydrogens is 761 g/mol. The van der Waals surface area contributed by atoms with E-state index in [1.165, 1.54) is 10.4 Å². The van der Waals surface area contributed by atoms with E-state index in [0.717, 1.165) is 16.7 Å². The second kappa shape index (κ2) is 19.5. The number of amides is 2. The topological polar surface area (TPSA) is 87.2 Å². The van der Waals surface area contributed by atoms with E-state index in [0.29, 0.717) is 36.3 Å². The molecule has 60 heavy (non-hydrogen) atoms. The van der Waals surface area contributed by atoms with Crippen LogP contribution in [0, 0.1) is 6.92 Å². The molecular formula is C52H64N2O5Si. The maximum Gasteiger partial charge on any atom is 0.261 e. The second-order valence-corrected chi connectivity index (χ2v) is 22.6. The van der Waals surface area contributed by atoms with Gasteiger partial charge in [0.15, 0.2) is 0 Å². The van der Waals surface area contributed by atoms with Crippen LogP contribution >= 0.6 is 0 Å². The van der Waals surface area contributed by atoms with Crippen LogP contribution in [0.5, 0.6) is 0 Å². The van der Waals surface area contributed by atoms with Crippen LogP contribution in [0.25, 0.3) is 0 Å². The van der Waals surface area contributed by atoms with Gasteiger partial charge in [0.25, 0.3) is 20.1 Å². The van der Waals surface area contributed by atoms with Crippen LogP contribution in [0.2, 0.25) is 5.04 Å². The standard InChI is InChI=1S/C52H64N2O5Si/c1-39-29-30-41(47(37-39)49(58)54(33-35-55)52(8,9)42-22-13-10-14-23-42)38-43(56)32-31-40-21-19-20-28-46(40)48(57)53(50(2,3)4)34-36-59-60(51(5,6)7,44-24-15-11-16-25-44)45-26-17-12-18-27-45/h10-30,37,55H,31-36,38H2,1-9H3. The van der Waals surface area contributed by atoms with Crippen molar-refractivity contribution in [2.45, 2.75) is 97.7 Å². The molecule has 5 aromatic carbocycles. The molecule has 0 atom stereocenters. The average molecular weight is 825 g/mol. The van der Waals surface area contributed by atoms with E-state index in [4.69, 9.17) is 4.43 Å². The monoisotopic (exact) mass is 824 g/mol. The zero-order chi connectivity index (χ0) is 43.7. The summed E-state index contributed by atoms with van der Waals surface area (Å²) in [4.78, 5) is 46.4. The SMILES string of the molecule is Cc1ccc(CC(=O)CCc2ccccc2C(=O)N(CCO[Si](c2ccccc2)(c2ccccc2)C(C)(C)C)C(C)(C)C)c(C(=O)N(CCO)C(C)(C)c2ccccc2)c1. The van der Waals surface area contributed by atoms with Gasteiger partial charge in [0.2, 0.25) is 0 Å². The maximum absolute atomic E-state index is 14.6. The number of aliphatic hydroxyl groups is 1. The zero-order valence-corrected chi connectivity index (χ0v) is 38.1. The molecule has 1 N–H and O–H groups in total. The maximum atomic E-state index is 14.6. The van der Waals surface area contributed by atoms with Crippen LogP contribution in [0.15, 0.2) is 133 Å². The van der Waals surface area contributed by atoms with E-state index in [1.54, 1.807) is 4.90 Å². The lowest BCUT2D eigenvalue weighted by atomic mass is 9.90. The Morgan fingerprint density at radius 3 is 1.70 bits per heavy atom. The Labute approximate surface area is 359 Å². The minimum absolute atomic E-state index is 0.0300. The first kappa shape index (κ1) is 45.9. The van der Waals surface area contributed by atoms with E-state index in [9.17, 15) is 19.5 Å². The van der Waals surface area contributed by atoms with Crippen molar-refractivity contribution < 1.29 is 23.9 Å². The van der Waals surface area contributed by atoms with Crippen molar-refractivity contribution in [3.05, 3.63) is 167 Å². The predicted molar refractivity (Wildman–Crippen MR) is 247 cm³/mol. The first-order valence-corrected chi connectivity index (χ1v) is 23.1. The highest BCUT2D eigenvalue weighted by Gasteiger charge is 2.50. The highest BCUT2D eigenvalue weighted by atomic mass is 28.4. The molecule has 0 radical (unpaired) electrons. The Bertz CT molecular complexity index is 2170. The third kappa shape index (κ3) is 10.4. The van der Waals surface area contributed by atoms with Crippen LogP contribution in [0.3, 0.4) is 0 Å². The number of aliphatic hydroxyl groups excluding tert-OH is 1. The average Bonchev–Trinajstić information content (AvgIpc) is 3.22. The van der Waals surface area contributed by atoms with E-state index in [-0.39, 0.29) is 48.6 Å². The van der Waals surface area contributed by atoms with Crippen molar-refractivity contribution in [2.75, 3.05) is 26.3 Å². The summed E-state index contributed by atoms with van der Waals surface area (Å²) in [7, 11) is -2.82. The number of ketones is 1. The van der Waals surface area contributed by atoms with Gasteiger partial charge < -0.3 is 19.3 Å². The summed E-state index contributed by atoms with van der Waals surface area (Å²) in [5.41, 5.74) is 3.10. The summed E-state index contributed by atoms with van der Waals surface area (Å²) in [6.07, 6.45) is 0.655. The molecule has 0 saturated heterocycles. The third-order valence-electron chi connectivity index (χ3n) is 11.6. The molecule has 316 valence electrons. The Morgan fingerprint density at radius 1 is 0.617 bits per heavy atom. The number of hydrogen-bond donors (Lipinski definition) is 1. The smallest absolute Gasteiger partial charge is 0.261 e. The molecule has 2 amide bonds. The van der Waals surface area contributed by atoms with Gasteiger partial charge in [-0.1, -0.05) is 148 Å². The summed E-state index contributed by atoms with van der Waals surface area (Å²) in [5.74, 6) is -0.368. The fourth-order valence-electron chi connectivity index (χ4n) is 8.39. The summed E-state index contributed by atoms with van der Waals surface area (Å²) in [6, 6.07) is 44.0. The largest absolute Gasteiger partial charge is 0.406 e. The fourth-order valence-corrected chi connectivity index (χ4v) is 12.9. The molecule has 0 fully saturated rings. The van der Waals surface area contributed by atoms with Crippen LogP contribution in [0.1, 0.15) is 105 Å². The summed E-state index contributed by atoms with van der Waals surface area (Å²) in [6.45, 7) is 19.4. The molecule has 0 aliphatic heterocycles. The van der Waals surface area contributed by atoms with Crippen LogP contribution in [0.4, 0.5) is 0 Å². The van der Waals surface area contributed by atoms with E-state index >= 15 is 0 Å². The highest BCUT2D eigenvalue weighted by molar-refractivity contribution is 6.99. The minimum Gasteiger partial charge on any atom is -0.406 e. The lowest BCUT2D eigenvalue weighted by Crippen LogP contribution is -2.67. The van der Waals surface area contributed by atoms with Gasteiger partial charge >= 0.3 is 0 Å². The van der Waals surface area contributed by atoms with Crippen LogP contribution in [-0.4, -0.2) is 72.7 Å². The molecule has 5 rings (SSSR count). The summed E-state index contributed by atoms with van der Waals surface area (Å²) < 4.78 is 7.21. The van der Waals surface area contributed by atoms with Gasteiger partial charge in [-0.3, -0.25) is 14.4 Å². The first-order chi connectivity index (χ1) is 28.4. The Kier molecular flexibility index (Phi) is 14.9. The number of aryl methyl sites for hydroxylation is 2. The first-order valence-electron chi connectivity index (χ1n) is 21.2. The Hall–Kier alpha value is -5.15. The molecule has 5 aromatic rings. The number of hydrogen-bond acceptors (Lipinski definition) is 5. The molecule has 0 unspecified atom stereocenters. The molecule has 7 nitrogen and oxygen atoms in total. The number of rotatable bonds is 17. The van der Waals surface area contributed by atoms with E-state index in [1.807, 2.05) is 131 Å². The zero-order valence-electron chi connectivity index (χ0n) is 37.1. The van der Waals surface area contributed by atoms with Crippen molar-refractivity contribution in [3.63, 3.8) is 0 Å². The highest BCUT2D eigenvalue weighted by Crippen LogP contribution is 2.37. The number of carbonyl (C=O) groups is 3. The van der Waals surface area contributed by atoms with Crippen molar-refractivity contribution in [3.8, 4) is 0 Å². The lowest BCUT2D eigenvalue weighted by Gasteiger charge is -2.44. The number of nitrogens with zero attached hydrogens (tertiary/aromatic N) is 2. The Balaban J connectivity index is 1.35. The van der Waals surface area contributed by atoms with Crippen molar-refractivity contribution in [1.29, 1.82) is 0 Å². The van der Waals surface area contributed by atoms with Gasteiger partial charge in [0.05, 0.1) is 18.8 Å². The Morgan fingerprint density at radius 2 is 1.15 bits per heavy atom. The minimum atomic E-state index is -2.82. The molecule has 0 aliphatic carbocycles. The molecule has 0 aromatic heterocycles. The van der Waals surface area contributed by atoms with Crippen LogP contribution < -0.4 is 10.4 Å². The van der Waals surface area contributed by atoms with Gasteiger partial charge in [-0.05, 0) is 92.2 Å². The fraction of sp³-hybridized carbons (Fsp3) is 0.365. The molecule has 8 heteroatoms. The predicted octanol–water partition coefficient (Wildman–Crippen LogP) is 8.93. The van der Waals surface area contributed by atoms with Crippen molar-refractivity contribution in [1.82, 2.24) is 9.80 Å². The number of Topliss-reactive ketones (excluding diaryl/α,β-unsaturated/α-hetero) is 1. The van der Waals surface area contributed by atoms with Gasteiger partial charge in [-0.2, -0.15) is 0 Å². The third-order valence-corrected chi connectivity index (χ3v) is 16.7. The van der Waals surface area contributed by atoms with Crippen molar-refractivity contribution in [2.24, 2.45) is 0 Å². The quantitative estimate of drug-likeness (QED) is 0.0948. The summed E-state index contributed by atoms with van der Waals surface area (Å²) in [5, 5.41) is 12.2. The van der Waals surface area contributed by atoms with Gasteiger partial charge in [0.1, 0.15) is 5.78 Å². The number of carbonyl (C=O) groups excluding carboxylic acids is 3. The van der Waals surface area contributed by atoms with Gasteiger partial charge in [-0.25, -0.2) is 0 Å². The van der Waals surface area contributed by atoms with Gasteiger partial charge in [-0.15, -0.1) is 0 Å². The van der Waals surface area contributed by atoms with Crippen molar-refractivity contribution >= 4 is 36.3 Å².